The van der Waals surface area contributed by atoms with Crippen LogP contribution in [0.5, 0.6) is 0 Å². The van der Waals surface area contributed by atoms with E-state index < -0.39 is 0 Å². The van der Waals surface area contributed by atoms with Crippen molar-refractivity contribution in [3.05, 3.63) is 36.3 Å². The van der Waals surface area contributed by atoms with Crippen LogP contribution in [-0.4, -0.2) is 11.6 Å². The first-order chi connectivity index (χ1) is 6.77. The van der Waals surface area contributed by atoms with Crippen LogP contribution in [0.2, 0.25) is 0 Å². The Labute approximate surface area is 91.3 Å². The van der Waals surface area contributed by atoms with E-state index in [-0.39, 0.29) is 0 Å². The summed E-state index contributed by atoms with van der Waals surface area (Å²) in [6.07, 6.45) is 5.42. The van der Waals surface area contributed by atoms with Gasteiger partial charge in [0.1, 0.15) is 17.4 Å². The number of rotatable bonds is 1. The van der Waals surface area contributed by atoms with E-state index in [1.165, 1.54) is 0 Å². The van der Waals surface area contributed by atoms with Gasteiger partial charge >= 0.3 is 0 Å². The molecule has 14 heavy (non-hydrogen) atoms. The van der Waals surface area contributed by atoms with E-state index in [0.29, 0.717) is 11.6 Å². The van der Waals surface area contributed by atoms with Gasteiger partial charge < -0.3 is 10.1 Å². The van der Waals surface area contributed by atoms with Crippen molar-refractivity contribution >= 4 is 17.2 Å². The second kappa shape index (κ2) is 7.33. The van der Waals surface area contributed by atoms with Crippen LogP contribution in [0.25, 0.3) is 0 Å². The Morgan fingerprint density at radius 2 is 2.14 bits per heavy atom. The molecule has 1 N–H and O–H groups in total. The Morgan fingerprint density at radius 1 is 1.50 bits per heavy atom. The highest BCUT2D eigenvalue weighted by Gasteiger charge is 2.13. The third-order valence-corrected chi connectivity index (χ3v) is 1.68. The molecule has 0 aromatic rings. The van der Waals surface area contributed by atoms with Crippen LogP contribution in [-0.2, 0) is 4.74 Å². The topological polar surface area (TPSA) is 21.3 Å². The molecule has 0 amide bonds. The number of hydrogen-bond acceptors (Lipinski definition) is 2. The van der Waals surface area contributed by atoms with Gasteiger partial charge in [-0.1, -0.05) is 44.8 Å². The van der Waals surface area contributed by atoms with Crippen LogP contribution in [0, 0.1) is 0 Å². The molecule has 1 aliphatic heterocycles. The summed E-state index contributed by atoms with van der Waals surface area (Å²) < 4.78 is 5.35. The number of ether oxygens (including phenoxy) is 1. The lowest BCUT2D eigenvalue weighted by molar-refractivity contribution is 0.253. The van der Waals surface area contributed by atoms with Gasteiger partial charge in [0, 0.05) is 0 Å². The molecule has 3 heteroatoms. The molecule has 0 bridgehead atoms. The van der Waals surface area contributed by atoms with Crippen molar-refractivity contribution in [2.24, 2.45) is 0 Å². The maximum absolute atomic E-state index is 5.35. The zero-order valence-electron chi connectivity index (χ0n) is 8.96. The number of morpholine rings is 1. The minimum Gasteiger partial charge on any atom is -0.484 e. The molecule has 0 saturated carbocycles. The summed E-state index contributed by atoms with van der Waals surface area (Å²) in [6.45, 7) is 9.98. The second-order valence-corrected chi connectivity index (χ2v) is 2.80. The lowest BCUT2D eigenvalue weighted by atomic mass is 10.3. The number of hydrogen-bond donors (Lipinski definition) is 1. The van der Waals surface area contributed by atoms with E-state index in [1.807, 2.05) is 32.9 Å². The molecule has 1 heterocycles. The van der Waals surface area contributed by atoms with Crippen LogP contribution >= 0.6 is 12.2 Å². The van der Waals surface area contributed by atoms with Crippen LogP contribution < -0.4 is 5.32 Å². The Morgan fingerprint density at radius 3 is 2.64 bits per heavy atom. The minimum absolute atomic E-state index is 0.451. The molecule has 1 saturated heterocycles. The molecule has 1 rings (SSSR count). The molecule has 0 atom stereocenters. The molecule has 2 nitrogen and oxygen atoms in total. The molecular formula is C11H17NOS. The summed E-state index contributed by atoms with van der Waals surface area (Å²) in [5.74, 6) is 0.793. The number of nitrogens with one attached hydrogen (secondary N) is 1. The monoisotopic (exact) mass is 211 g/mol. The molecule has 0 aromatic carbocycles. The Bertz CT molecular complexity index is 266. The van der Waals surface area contributed by atoms with Crippen molar-refractivity contribution in [3.8, 4) is 0 Å². The summed E-state index contributed by atoms with van der Waals surface area (Å²) in [5.41, 5.74) is 0.908. The Kier molecular flexibility index (Phi) is 6.76. The van der Waals surface area contributed by atoms with Crippen LogP contribution in [0.1, 0.15) is 20.8 Å². The van der Waals surface area contributed by atoms with Gasteiger partial charge in [0.25, 0.3) is 0 Å². The first-order valence-electron chi connectivity index (χ1n) is 4.70. The fraction of sp³-hybridized carbons (Fsp3) is 0.364. The van der Waals surface area contributed by atoms with E-state index in [0.717, 1.165) is 11.5 Å². The zero-order chi connectivity index (χ0) is 11.0. The Balaban J connectivity index is 0.000000791. The van der Waals surface area contributed by atoms with Gasteiger partial charge in [-0.2, -0.15) is 0 Å². The normalized spacial score (nSPS) is 20.6. The molecule has 0 aromatic heterocycles. The Hall–Kier alpha value is -1.09. The molecule has 0 radical (unpaired) electrons. The molecule has 1 fully saturated rings. The van der Waals surface area contributed by atoms with Crippen molar-refractivity contribution in [1.29, 1.82) is 0 Å². The molecule has 1 aliphatic rings. The van der Waals surface area contributed by atoms with E-state index >= 15 is 0 Å². The molecule has 0 unspecified atom stereocenters. The number of thiocarbonyl (C=S) groups is 1. The van der Waals surface area contributed by atoms with E-state index in [2.05, 4.69) is 11.9 Å². The van der Waals surface area contributed by atoms with Gasteiger partial charge in [-0.25, -0.2) is 0 Å². The van der Waals surface area contributed by atoms with Gasteiger partial charge in [0.15, 0.2) is 0 Å². The van der Waals surface area contributed by atoms with Gasteiger partial charge in [-0.05, 0) is 13.0 Å². The summed E-state index contributed by atoms with van der Waals surface area (Å²) >= 11 is 4.96. The molecule has 0 aliphatic carbocycles. The van der Waals surface area contributed by atoms with Crippen molar-refractivity contribution in [2.75, 3.05) is 6.61 Å². The zero-order valence-corrected chi connectivity index (χ0v) is 9.78. The average Bonchev–Trinajstić information content (AvgIpc) is 2.24. The highest BCUT2D eigenvalue weighted by molar-refractivity contribution is 7.80. The first kappa shape index (κ1) is 12.9. The standard InChI is InChI=1S/C9H11NOS.C2H6/c1-3-5-8-7(4-2)10-9(12)6-11-8;1-2/h3-5H,1,6H2,2H3,(H,10,12);1-2H3/b7-4+,8-5+;. The summed E-state index contributed by atoms with van der Waals surface area (Å²) in [4.78, 5) is 0.712. The number of allylic oxidation sites excluding steroid dienone is 3. The van der Waals surface area contributed by atoms with Crippen molar-refractivity contribution < 1.29 is 4.74 Å². The van der Waals surface area contributed by atoms with Crippen LogP contribution in [0.4, 0.5) is 0 Å². The SMILES string of the molecule is C=C/C=C1/OCC(=S)N/C1=C/C.CC. The fourth-order valence-corrected chi connectivity index (χ4v) is 1.10. The first-order valence-corrected chi connectivity index (χ1v) is 5.11. The average molecular weight is 211 g/mol. The van der Waals surface area contributed by atoms with E-state index in [9.17, 15) is 0 Å². The maximum atomic E-state index is 5.35. The highest BCUT2D eigenvalue weighted by Crippen LogP contribution is 2.13. The predicted molar refractivity (Wildman–Crippen MR) is 65.1 cm³/mol. The highest BCUT2D eigenvalue weighted by atomic mass is 32.1. The lowest BCUT2D eigenvalue weighted by Crippen LogP contribution is -2.32. The van der Waals surface area contributed by atoms with Crippen LogP contribution in [0.3, 0.4) is 0 Å². The quantitative estimate of drug-likeness (QED) is 0.674. The second-order valence-electron chi connectivity index (χ2n) is 2.31. The minimum atomic E-state index is 0.451. The largest absolute Gasteiger partial charge is 0.484 e. The molecule has 0 spiro atoms. The van der Waals surface area contributed by atoms with Gasteiger partial charge in [0.05, 0.1) is 5.70 Å². The van der Waals surface area contributed by atoms with Gasteiger partial charge in [-0.15, -0.1) is 0 Å². The smallest absolute Gasteiger partial charge is 0.143 e. The summed E-state index contributed by atoms with van der Waals surface area (Å²) in [5, 5.41) is 3.05. The van der Waals surface area contributed by atoms with Gasteiger partial charge in [0.2, 0.25) is 0 Å². The molecule has 78 valence electrons. The van der Waals surface area contributed by atoms with Crippen molar-refractivity contribution in [3.63, 3.8) is 0 Å². The predicted octanol–water partition coefficient (Wildman–Crippen LogP) is 2.93. The summed E-state index contributed by atoms with van der Waals surface area (Å²) in [6, 6.07) is 0. The van der Waals surface area contributed by atoms with E-state index in [1.54, 1.807) is 6.08 Å². The van der Waals surface area contributed by atoms with E-state index in [4.69, 9.17) is 17.0 Å². The maximum Gasteiger partial charge on any atom is 0.143 e. The third-order valence-electron chi connectivity index (χ3n) is 1.46. The lowest BCUT2D eigenvalue weighted by Gasteiger charge is -2.21. The molecular weight excluding hydrogens is 194 g/mol. The third kappa shape index (κ3) is 3.75. The fourth-order valence-electron chi connectivity index (χ4n) is 0.928. The van der Waals surface area contributed by atoms with Gasteiger partial charge in [-0.3, -0.25) is 0 Å². The van der Waals surface area contributed by atoms with Crippen LogP contribution in [0.15, 0.2) is 36.3 Å². The summed E-state index contributed by atoms with van der Waals surface area (Å²) in [7, 11) is 0. The van der Waals surface area contributed by atoms with Crippen molar-refractivity contribution in [1.82, 2.24) is 5.32 Å². The van der Waals surface area contributed by atoms with Crippen molar-refractivity contribution in [2.45, 2.75) is 20.8 Å².